The molecule has 0 saturated heterocycles. The Kier molecular flexibility index (Phi) is 1.75. The Morgan fingerprint density at radius 1 is 1.22 bits per heavy atom. The van der Waals surface area contributed by atoms with Crippen LogP contribution in [0.1, 0.15) is 25.7 Å². The fourth-order valence-electron chi connectivity index (χ4n) is 1.25. The molecule has 3 heteroatoms. The first-order valence-electron chi connectivity index (χ1n) is 3.46. The van der Waals surface area contributed by atoms with Crippen LogP contribution in [0.2, 0.25) is 0 Å². The quantitative estimate of drug-likeness (QED) is 0.386. The van der Waals surface area contributed by atoms with Crippen molar-refractivity contribution in [3.8, 4) is 0 Å². The third-order valence-electron chi connectivity index (χ3n) is 2.07. The Morgan fingerprint density at radius 2 is 1.89 bits per heavy atom. The summed E-state index contributed by atoms with van der Waals surface area (Å²) in [7, 11) is 0. The lowest BCUT2D eigenvalue weighted by Crippen LogP contribution is -2.63. The van der Waals surface area contributed by atoms with Crippen LogP contribution in [0, 0.1) is 0 Å². The molecule has 6 N–H and O–H groups in total. The Morgan fingerprint density at radius 3 is 2.22 bits per heavy atom. The zero-order valence-corrected chi connectivity index (χ0v) is 5.64. The summed E-state index contributed by atoms with van der Waals surface area (Å²) in [4.78, 5) is 0. The van der Waals surface area contributed by atoms with E-state index in [1.807, 2.05) is 0 Å². The molecule has 1 atom stereocenters. The molecule has 3 nitrogen and oxygen atoms in total. The highest BCUT2D eigenvalue weighted by Gasteiger charge is 2.29. The van der Waals surface area contributed by atoms with E-state index in [1.165, 1.54) is 6.42 Å². The van der Waals surface area contributed by atoms with Gasteiger partial charge in [-0.25, -0.2) is 0 Å². The van der Waals surface area contributed by atoms with E-state index < -0.39 is 5.66 Å². The van der Waals surface area contributed by atoms with Crippen molar-refractivity contribution in [3.05, 3.63) is 0 Å². The first-order chi connectivity index (χ1) is 4.13. The largest absolute Gasteiger partial charge is 0.325 e. The molecule has 0 heterocycles. The second-order valence-electron chi connectivity index (χ2n) is 2.96. The highest BCUT2D eigenvalue weighted by Crippen LogP contribution is 2.19. The van der Waals surface area contributed by atoms with Gasteiger partial charge in [0.15, 0.2) is 0 Å². The van der Waals surface area contributed by atoms with Gasteiger partial charge in [0.1, 0.15) is 0 Å². The van der Waals surface area contributed by atoms with Crippen LogP contribution in [-0.4, -0.2) is 11.7 Å². The summed E-state index contributed by atoms with van der Waals surface area (Å²) in [6.45, 7) is 0. The van der Waals surface area contributed by atoms with Crippen LogP contribution in [0.3, 0.4) is 0 Å². The average molecular weight is 129 g/mol. The van der Waals surface area contributed by atoms with E-state index in [0.717, 1.165) is 19.3 Å². The van der Waals surface area contributed by atoms with Crippen molar-refractivity contribution in [1.29, 1.82) is 0 Å². The fourth-order valence-corrected chi connectivity index (χ4v) is 1.25. The molecular formula is C6H15N3. The van der Waals surface area contributed by atoms with Crippen molar-refractivity contribution < 1.29 is 0 Å². The molecule has 0 radical (unpaired) electrons. The molecule has 0 amide bonds. The van der Waals surface area contributed by atoms with Crippen LogP contribution in [0.25, 0.3) is 0 Å². The van der Waals surface area contributed by atoms with E-state index >= 15 is 0 Å². The van der Waals surface area contributed by atoms with Gasteiger partial charge in [-0.3, -0.25) is 0 Å². The maximum atomic E-state index is 5.67. The summed E-state index contributed by atoms with van der Waals surface area (Å²) in [5.41, 5.74) is 16.4. The topological polar surface area (TPSA) is 78.1 Å². The van der Waals surface area contributed by atoms with E-state index in [0.29, 0.717) is 0 Å². The minimum absolute atomic E-state index is 0.00579. The Hall–Kier alpha value is -0.120. The molecule has 1 saturated carbocycles. The van der Waals surface area contributed by atoms with Gasteiger partial charge < -0.3 is 17.2 Å². The Balaban J connectivity index is 2.49. The van der Waals surface area contributed by atoms with E-state index in [1.54, 1.807) is 0 Å². The predicted octanol–water partition coefficient (Wildman–Crippen LogP) is -0.499. The van der Waals surface area contributed by atoms with Crippen LogP contribution >= 0.6 is 0 Å². The molecule has 0 aliphatic heterocycles. The normalized spacial score (nSPS) is 34.3. The SMILES string of the molecule is NC1CCCCC1(N)N. The van der Waals surface area contributed by atoms with Gasteiger partial charge >= 0.3 is 0 Å². The summed E-state index contributed by atoms with van der Waals surface area (Å²) in [5, 5.41) is 0. The van der Waals surface area contributed by atoms with Crippen molar-refractivity contribution in [2.45, 2.75) is 37.4 Å². The highest BCUT2D eigenvalue weighted by molar-refractivity contribution is 4.91. The summed E-state index contributed by atoms with van der Waals surface area (Å²) in [6, 6.07) is 0.00579. The molecule has 1 rings (SSSR count). The molecule has 1 fully saturated rings. The molecule has 54 valence electrons. The summed E-state index contributed by atoms with van der Waals surface area (Å²) < 4.78 is 0. The van der Waals surface area contributed by atoms with Crippen molar-refractivity contribution in [2.75, 3.05) is 0 Å². The zero-order valence-electron chi connectivity index (χ0n) is 5.64. The third-order valence-corrected chi connectivity index (χ3v) is 2.07. The van der Waals surface area contributed by atoms with Crippen LogP contribution in [0.5, 0.6) is 0 Å². The number of rotatable bonds is 0. The number of nitrogens with two attached hydrogens (primary N) is 3. The van der Waals surface area contributed by atoms with Gasteiger partial charge in [-0.2, -0.15) is 0 Å². The molecule has 0 aromatic rings. The maximum Gasteiger partial charge on any atom is 0.0792 e. The molecule has 0 spiro atoms. The number of hydrogen-bond donors (Lipinski definition) is 3. The first-order valence-corrected chi connectivity index (χ1v) is 3.46. The smallest absolute Gasteiger partial charge is 0.0792 e. The molecule has 1 aliphatic rings. The summed E-state index contributed by atoms with van der Waals surface area (Å²) in [5.74, 6) is 0. The van der Waals surface area contributed by atoms with Crippen LogP contribution in [-0.2, 0) is 0 Å². The average Bonchev–Trinajstić information content (AvgIpc) is 1.77. The Bertz CT molecular complexity index is 100. The second kappa shape index (κ2) is 2.25. The van der Waals surface area contributed by atoms with E-state index in [-0.39, 0.29) is 6.04 Å². The lowest BCUT2D eigenvalue weighted by Gasteiger charge is -2.35. The van der Waals surface area contributed by atoms with Gasteiger partial charge in [-0.15, -0.1) is 0 Å². The lowest BCUT2D eigenvalue weighted by atomic mass is 9.86. The van der Waals surface area contributed by atoms with Crippen molar-refractivity contribution in [3.63, 3.8) is 0 Å². The van der Waals surface area contributed by atoms with Gasteiger partial charge in [0, 0.05) is 6.04 Å². The fraction of sp³-hybridized carbons (Fsp3) is 1.00. The standard InChI is InChI=1S/C6H15N3/c7-5-3-1-2-4-6(5,8)9/h5H,1-4,7-9H2. The molecule has 0 aromatic carbocycles. The third kappa shape index (κ3) is 1.41. The first kappa shape index (κ1) is 6.99. The van der Waals surface area contributed by atoms with Gasteiger partial charge in [-0.1, -0.05) is 12.8 Å². The molecule has 1 unspecified atom stereocenters. The van der Waals surface area contributed by atoms with Crippen LogP contribution < -0.4 is 17.2 Å². The highest BCUT2D eigenvalue weighted by atomic mass is 15.0. The minimum atomic E-state index is -0.585. The number of hydrogen-bond acceptors (Lipinski definition) is 3. The van der Waals surface area contributed by atoms with Gasteiger partial charge in [0.25, 0.3) is 0 Å². The van der Waals surface area contributed by atoms with E-state index in [2.05, 4.69) is 0 Å². The maximum absolute atomic E-state index is 5.67. The van der Waals surface area contributed by atoms with Crippen molar-refractivity contribution in [1.82, 2.24) is 0 Å². The minimum Gasteiger partial charge on any atom is -0.325 e. The van der Waals surface area contributed by atoms with Crippen molar-refractivity contribution >= 4 is 0 Å². The lowest BCUT2D eigenvalue weighted by molar-refractivity contribution is 0.261. The summed E-state index contributed by atoms with van der Waals surface area (Å²) in [6.07, 6.45) is 4.15. The molecule has 1 aliphatic carbocycles. The van der Waals surface area contributed by atoms with Gasteiger partial charge in [0.2, 0.25) is 0 Å². The van der Waals surface area contributed by atoms with Crippen LogP contribution in [0.15, 0.2) is 0 Å². The van der Waals surface area contributed by atoms with Crippen LogP contribution in [0.4, 0.5) is 0 Å². The summed E-state index contributed by atoms with van der Waals surface area (Å²) >= 11 is 0. The monoisotopic (exact) mass is 129 g/mol. The second-order valence-corrected chi connectivity index (χ2v) is 2.96. The molecule has 9 heavy (non-hydrogen) atoms. The molecule has 0 bridgehead atoms. The van der Waals surface area contributed by atoms with E-state index in [9.17, 15) is 0 Å². The Labute approximate surface area is 55.6 Å². The van der Waals surface area contributed by atoms with Gasteiger partial charge in [0.05, 0.1) is 5.66 Å². The molecular weight excluding hydrogens is 114 g/mol. The molecule has 0 aromatic heterocycles. The van der Waals surface area contributed by atoms with Crippen molar-refractivity contribution in [2.24, 2.45) is 17.2 Å². The van der Waals surface area contributed by atoms with Gasteiger partial charge in [-0.05, 0) is 12.8 Å². The van der Waals surface area contributed by atoms with E-state index in [4.69, 9.17) is 17.2 Å². The predicted molar refractivity (Wildman–Crippen MR) is 37.5 cm³/mol. The zero-order chi connectivity index (χ0) is 6.91.